The summed E-state index contributed by atoms with van der Waals surface area (Å²) in [5, 5.41) is 16.4. The Morgan fingerprint density at radius 1 is 1.41 bits per heavy atom. The van der Waals surface area contributed by atoms with Crippen LogP contribution in [0, 0.1) is 10.1 Å². The van der Waals surface area contributed by atoms with Crippen molar-refractivity contribution >= 4 is 22.9 Å². The average molecular weight is 319 g/mol. The van der Waals surface area contributed by atoms with Crippen molar-refractivity contribution in [2.75, 3.05) is 0 Å². The second-order valence-electron chi connectivity index (χ2n) is 5.17. The van der Waals surface area contributed by atoms with Crippen LogP contribution in [0.1, 0.15) is 30.8 Å². The van der Waals surface area contributed by atoms with Gasteiger partial charge in [0.1, 0.15) is 5.01 Å². The van der Waals surface area contributed by atoms with Crippen molar-refractivity contribution in [1.29, 1.82) is 0 Å². The number of nitrogens with one attached hydrogen (secondary N) is 1. The maximum atomic E-state index is 12.2. The number of non-ortho nitro benzene ring substituents is 1. The number of carbonyl (C=O) groups is 1. The number of nitro groups is 1. The Morgan fingerprint density at radius 3 is 2.59 bits per heavy atom. The van der Waals surface area contributed by atoms with Gasteiger partial charge >= 0.3 is 0 Å². The molecule has 0 aliphatic heterocycles. The fourth-order valence-electron chi connectivity index (χ4n) is 2.06. The van der Waals surface area contributed by atoms with E-state index in [0.717, 1.165) is 17.0 Å². The molecule has 22 heavy (non-hydrogen) atoms. The number of thiazole rings is 1. The molecule has 2 rings (SSSR count). The number of hydrogen-bond acceptors (Lipinski definition) is 5. The van der Waals surface area contributed by atoms with Gasteiger partial charge in [0.2, 0.25) is 5.91 Å². The van der Waals surface area contributed by atoms with Crippen LogP contribution in [0.15, 0.2) is 35.8 Å². The van der Waals surface area contributed by atoms with E-state index >= 15 is 0 Å². The molecule has 7 heteroatoms. The fourth-order valence-corrected chi connectivity index (χ4v) is 2.89. The lowest BCUT2D eigenvalue weighted by atomic mass is 9.99. The number of rotatable bonds is 6. The highest BCUT2D eigenvalue weighted by Crippen LogP contribution is 2.26. The molecule has 2 aromatic rings. The first kappa shape index (κ1) is 16.1. The molecule has 6 nitrogen and oxygen atoms in total. The first-order valence-corrected chi connectivity index (χ1v) is 7.77. The van der Waals surface area contributed by atoms with Gasteiger partial charge in [-0.25, -0.2) is 4.98 Å². The minimum absolute atomic E-state index is 0.0188. The third-order valence-electron chi connectivity index (χ3n) is 3.54. The zero-order valence-electron chi connectivity index (χ0n) is 12.4. The molecular weight excluding hydrogens is 302 g/mol. The maximum Gasteiger partial charge on any atom is 0.269 e. The number of aromatic nitrogens is 1. The van der Waals surface area contributed by atoms with Gasteiger partial charge in [0.05, 0.1) is 16.9 Å². The van der Waals surface area contributed by atoms with E-state index in [2.05, 4.69) is 10.3 Å². The molecule has 0 saturated heterocycles. The van der Waals surface area contributed by atoms with Gasteiger partial charge in [-0.1, -0.05) is 19.1 Å². The fraction of sp³-hybridized carbons (Fsp3) is 0.333. The Kier molecular flexibility index (Phi) is 4.87. The van der Waals surface area contributed by atoms with Gasteiger partial charge in [-0.2, -0.15) is 0 Å². The minimum Gasteiger partial charge on any atom is -0.344 e. The predicted molar refractivity (Wildman–Crippen MR) is 84.7 cm³/mol. The zero-order valence-corrected chi connectivity index (χ0v) is 13.2. The van der Waals surface area contributed by atoms with Crippen molar-refractivity contribution in [2.24, 2.45) is 0 Å². The van der Waals surface area contributed by atoms with Gasteiger partial charge in [0, 0.05) is 23.7 Å². The summed E-state index contributed by atoms with van der Waals surface area (Å²) in [5.74, 6) is -0.131. The molecule has 0 saturated carbocycles. The Labute approximate surface area is 132 Å². The summed E-state index contributed by atoms with van der Waals surface area (Å²) < 4.78 is 0. The van der Waals surface area contributed by atoms with E-state index in [1.54, 1.807) is 18.3 Å². The summed E-state index contributed by atoms with van der Waals surface area (Å²) in [7, 11) is 0. The van der Waals surface area contributed by atoms with Crippen LogP contribution in [0.2, 0.25) is 0 Å². The van der Waals surface area contributed by atoms with E-state index in [-0.39, 0.29) is 18.0 Å². The molecule has 1 aromatic carbocycles. The molecule has 1 N–H and O–H groups in total. The van der Waals surface area contributed by atoms with Crippen LogP contribution in [-0.2, 0) is 16.8 Å². The van der Waals surface area contributed by atoms with E-state index in [1.165, 1.54) is 23.5 Å². The number of amides is 1. The summed E-state index contributed by atoms with van der Waals surface area (Å²) >= 11 is 1.51. The smallest absolute Gasteiger partial charge is 0.269 e. The molecule has 1 aromatic heterocycles. The van der Waals surface area contributed by atoms with E-state index in [1.807, 2.05) is 19.2 Å². The monoisotopic (exact) mass is 319 g/mol. The van der Waals surface area contributed by atoms with Crippen molar-refractivity contribution in [2.45, 2.75) is 32.2 Å². The lowest BCUT2D eigenvalue weighted by Crippen LogP contribution is -2.43. The molecule has 1 amide bonds. The third-order valence-corrected chi connectivity index (χ3v) is 4.58. The molecular formula is C15H17N3O3S. The quantitative estimate of drug-likeness (QED) is 0.655. The summed E-state index contributed by atoms with van der Waals surface area (Å²) in [4.78, 5) is 26.7. The van der Waals surface area contributed by atoms with Crippen molar-refractivity contribution in [3.8, 4) is 0 Å². The molecule has 0 fully saturated rings. The highest BCUT2D eigenvalue weighted by molar-refractivity contribution is 7.09. The first-order chi connectivity index (χ1) is 10.4. The Hall–Kier alpha value is -2.28. The second-order valence-corrected chi connectivity index (χ2v) is 6.07. The lowest BCUT2D eigenvalue weighted by Gasteiger charge is -2.27. The van der Waals surface area contributed by atoms with Crippen LogP contribution < -0.4 is 5.32 Å². The highest BCUT2D eigenvalue weighted by atomic mass is 32.1. The van der Waals surface area contributed by atoms with E-state index in [0.29, 0.717) is 0 Å². The normalized spacial score (nSPS) is 13.4. The Bertz CT molecular complexity index is 655. The van der Waals surface area contributed by atoms with Crippen LogP contribution in [0.3, 0.4) is 0 Å². The average Bonchev–Trinajstić information content (AvgIpc) is 3.02. The summed E-state index contributed by atoms with van der Waals surface area (Å²) in [6.07, 6.45) is 2.63. The van der Waals surface area contributed by atoms with Gasteiger partial charge in [-0.15, -0.1) is 11.3 Å². The van der Waals surface area contributed by atoms with Crippen molar-refractivity contribution in [1.82, 2.24) is 10.3 Å². The molecule has 1 atom stereocenters. The topological polar surface area (TPSA) is 85.1 Å². The number of hydrogen-bond donors (Lipinski definition) is 1. The minimum atomic E-state index is -0.494. The van der Waals surface area contributed by atoms with Crippen LogP contribution in [0.25, 0.3) is 0 Å². The second kappa shape index (κ2) is 6.65. The lowest BCUT2D eigenvalue weighted by molar-refractivity contribution is -0.384. The van der Waals surface area contributed by atoms with Gasteiger partial charge in [-0.3, -0.25) is 14.9 Å². The number of nitrogens with zero attached hydrogens (tertiary/aromatic N) is 2. The van der Waals surface area contributed by atoms with Crippen molar-refractivity contribution in [3.05, 3.63) is 56.5 Å². The Balaban J connectivity index is 2.04. The van der Waals surface area contributed by atoms with Gasteiger partial charge in [0.15, 0.2) is 0 Å². The van der Waals surface area contributed by atoms with E-state index < -0.39 is 10.5 Å². The predicted octanol–water partition coefficient (Wildman–Crippen LogP) is 3.04. The van der Waals surface area contributed by atoms with E-state index in [9.17, 15) is 14.9 Å². The van der Waals surface area contributed by atoms with Crippen molar-refractivity contribution < 1.29 is 9.72 Å². The maximum absolute atomic E-state index is 12.2. The number of nitro benzene ring substituents is 1. The van der Waals surface area contributed by atoms with Crippen LogP contribution in [0.4, 0.5) is 5.69 Å². The Morgan fingerprint density at radius 2 is 2.09 bits per heavy atom. The van der Waals surface area contributed by atoms with Crippen molar-refractivity contribution in [3.63, 3.8) is 0 Å². The zero-order chi connectivity index (χ0) is 16.2. The first-order valence-electron chi connectivity index (χ1n) is 6.89. The molecule has 1 heterocycles. The van der Waals surface area contributed by atoms with Crippen LogP contribution in [-0.4, -0.2) is 15.8 Å². The van der Waals surface area contributed by atoms with E-state index in [4.69, 9.17) is 0 Å². The molecule has 0 radical (unpaired) electrons. The molecule has 0 unspecified atom stereocenters. The van der Waals surface area contributed by atoms with Crippen LogP contribution in [0.5, 0.6) is 0 Å². The van der Waals surface area contributed by atoms with Gasteiger partial charge in [-0.05, 0) is 18.9 Å². The standard InChI is InChI=1S/C15H17N3O3S/c1-3-15(2,14-16-8-9-22-14)17-13(19)10-11-4-6-12(7-5-11)18(20)21/h4-9H,3,10H2,1-2H3,(H,17,19)/t15-/m0/s1. The van der Waals surface area contributed by atoms with Crippen LogP contribution >= 0.6 is 11.3 Å². The highest BCUT2D eigenvalue weighted by Gasteiger charge is 2.29. The SMILES string of the molecule is CC[C@](C)(NC(=O)Cc1ccc([N+](=O)[O-])cc1)c1nccs1. The number of benzene rings is 1. The molecule has 0 spiro atoms. The van der Waals surface area contributed by atoms with Gasteiger partial charge in [0.25, 0.3) is 5.69 Å². The summed E-state index contributed by atoms with van der Waals surface area (Å²) in [6.45, 7) is 3.94. The molecule has 0 aliphatic rings. The third kappa shape index (κ3) is 3.67. The largest absolute Gasteiger partial charge is 0.344 e. The molecule has 0 aliphatic carbocycles. The van der Waals surface area contributed by atoms with Gasteiger partial charge < -0.3 is 5.32 Å². The summed E-state index contributed by atoms with van der Waals surface area (Å²) in [5.41, 5.74) is 0.262. The summed E-state index contributed by atoms with van der Waals surface area (Å²) in [6, 6.07) is 6.01. The molecule has 0 bridgehead atoms. The number of carbonyl (C=O) groups excluding carboxylic acids is 1. The molecule has 116 valence electrons.